The Morgan fingerprint density at radius 1 is 1.47 bits per heavy atom. The Kier molecular flexibility index (Phi) is 4.30. The van der Waals surface area contributed by atoms with Gasteiger partial charge in [-0.1, -0.05) is 12.2 Å². The van der Waals surface area contributed by atoms with Gasteiger partial charge in [0.05, 0.1) is 6.54 Å². The molecule has 84 valence electrons. The Labute approximate surface area is 87.8 Å². The minimum Gasteiger partial charge on any atom is -0.479 e. The standard InChI is InChI=1S/C10H15NO4/c12-8(10(14)15)6-11-9(13)7-4-2-1-3-5-7/h1-2,7-8,12H,3-6H2,(H,11,13)(H,14,15). The number of carboxylic acid groups (broad SMARTS) is 1. The minimum absolute atomic E-state index is 0.0870. The van der Waals surface area contributed by atoms with Crippen molar-refractivity contribution in [1.82, 2.24) is 5.32 Å². The van der Waals surface area contributed by atoms with E-state index in [9.17, 15) is 9.59 Å². The number of carbonyl (C=O) groups excluding carboxylic acids is 1. The summed E-state index contributed by atoms with van der Waals surface area (Å²) < 4.78 is 0. The minimum atomic E-state index is -1.52. The van der Waals surface area contributed by atoms with Gasteiger partial charge in [0.15, 0.2) is 6.10 Å². The summed E-state index contributed by atoms with van der Waals surface area (Å²) in [5.74, 6) is -1.59. The molecule has 2 atom stereocenters. The van der Waals surface area contributed by atoms with E-state index in [1.807, 2.05) is 12.2 Å². The zero-order valence-corrected chi connectivity index (χ0v) is 8.35. The largest absolute Gasteiger partial charge is 0.479 e. The van der Waals surface area contributed by atoms with E-state index in [2.05, 4.69) is 5.32 Å². The summed E-state index contributed by atoms with van der Waals surface area (Å²) in [6, 6.07) is 0. The van der Waals surface area contributed by atoms with E-state index in [-0.39, 0.29) is 18.4 Å². The second-order valence-corrected chi connectivity index (χ2v) is 3.58. The molecule has 5 heteroatoms. The highest BCUT2D eigenvalue weighted by Gasteiger charge is 2.20. The van der Waals surface area contributed by atoms with Crippen molar-refractivity contribution in [2.75, 3.05) is 6.54 Å². The van der Waals surface area contributed by atoms with Crippen LogP contribution in [0.1, 0.15) is 19.3 Å². The number of aliphatic carboxylic acids is 1. The van der Waals surface area contributed by atoms with Gasteiger partial charge in [-0.05, 0) is 19.3 Å². The lowest BCUT2D eigenvalue weighted by Gasteiger charge is -2.17. The topological polar surface area (TPSA) is 86.6 Å². The van der Waals surface area contributed by atoms with Crippen LogP contribution >= 0.6 is 0 Å². The molecule has 0 aromatic heterocycles. The van der Waals surface area contributed by atoms with E-state index in [1.54, 1.807) is 0 Å². The highest BCUT2D eigenvalue weighted by molar-refractivity contribution is 5.80. The molecule has 1 amide bonds. The second-order valence-electron chi connectivity index (χ2n) is 3.58. The van der Waals surface area contributed by atoms with Crippen LogP contribution in [0.5, 0.6) is 0 Å². The fraction of sp³-hybridized carbons (Fsp3) is 0.600. The third kappa shape index (κ3) is 3.71. The van der Waals surface area contributed by atoms with Crippen LogP contribution < -0.4 is 5.32 Å². The molecule has 1 aliphatic rings. The lowest BCUT2D eigenvalue weighted by Crippen LogP contribution is -2.39. The summed E-state index contributed by atoms with van der Waals surface area (Å²) in [5.41, 5.74) is 0. The van der Waals surface area contributed by atoms with Crippen LogP contribution in [-0.4, -0.2) is 34.7 Å². The fourth-order valence-corrected chi connectivity index (χ4v) is 1.46. The third-order valence-electron chi connectivity index (χ3n) is 2.39. The van der Waals surface area contributed by atoms with Crippen LogP contribution in [0.3, 0.4) is 0 Å². The maximum atomic E-state index is 11.5. The summed E-state index contributed by atoms with van der Waals surface area (Å²) in [5, 5.41) is 19.8. The summed E-state index contributed by atoms with van der Waals surface area (Å²) in [4.78, 5) is 21.8. The van der Waals surface area contributed by atoms with Gasteiger partial charge in [-0.3, -0.25) is 4.79 Å². The Bertz CT molecular complexity index is 275. The molecule has 0 aromatic carbocycles. The molecule has 0 fully saturated rings. The smallest absolute Gasteiger partial charge is 0.334 e. The maximum absolute atomic E-state index is 11.5. The zero-order chi connectivity index (χ0) is 11.3. The highest BCUT2D eigenvalue weighted by atomic mass is 16.4. The van der Waals surface area contributed by atoms with Crippen LogP contribution in [-0.2, 0) is 9.59 Å². The van der Waals surface area contributed by atoms with Crippen LogP contribution in [0.25, 0.3) is 0 Å². The van der Waals surface area contributed by atoms with E-state index in [0.717, 1.165) is 12.8 Å². The molecule has 1 rings (SSSR count). The van der Waals surface area contributed by atoms with Crippen molar-refractivity contribution in [3.05, 3.63) is 12.2 Å². The number of rotatable bonds is 4. The Hall–Kier alpha value is -1.36. The summed E-state index contributed by atoms with van der Waals surface area (Å²) >= 11 is 0. The lowest BCUT2D eigenvalue weighted by molar-refractivity contribution is -0.146. The molecular formula is C10H15NO4. The first-order valence-electron chi connectivity index (χ1n) is 4.95. The third-order valence-corrected chi connectivity index (χ3v) is 2.39. The number of aliphatic hydroxyl groups is 1. The number of allylic oxidation sites excluding steroid dienone is 2. The summed E-state index contributed by atoms with van der Waals surface area (Å²) in [6.45, 7) is -0.228. The predicted octanol–water partition coefficient (Wildman–Crippen LogP) is -0.0956. The van der Waals surface area contributed by atoms with Crippen LogP contribution in [0.15, 0.2) is 12.2 Å². The van der Waals surface area contributed by atoms with Gasteiger partial charge in [-0.25, -0.2) is 4.79 Å². The number of nitrogens with one attached hydrogen (secondary N) is 1. The van der Waals surface area contributed by atoms with Crippen LogP contribution in [0.4, 0.5) is 0 Å². The molecule has 0 heterocycles. The van der Waals surface area contributed by atoms with E-state index in [0.29, 0.717) is 6.42 Å². The summed E-state index contributed by atoms with van der Waals surface area (Å²) in [6.07, 6.45) is 4.80. The van der Waals surface area contributed by atoms with Crippen LogP contribution in [0, 0.1) is 5.92 Å². The van der Waals surface area contributed by atoms with Gasteiger partial charge in [0.25, 0.3) is 0 Å². The molecule has 3 N–H and O–H groups in total. The van der Waals surface area contributed by atoms with Crippen molar-refractivity contribution in [1.29, 1.82) is 0 Å². The molecule has 1 aliphatic carbocycles. The number of hydrogen-bond acceptors (Lipinski definition) is 3. The first kappa shape index (κ1) is 11.7. The van der Waals surface area contributed by atoms with Gasteiger partial charge in [-0.2, -0.15) is 0 Å². The Morgan fingerprint density at radius 3 is 2.73 bits per heavy atom. The normalized spacial score (nSPS) is 22.1. The highest BCUT2D eigenvalue weighted by Crippen LogP contribution is 2.17. The monoisotopic (exact) mass is 213 g/mol. The quantitative estimate of drug-likeness (QED) is 0.569. The van der Waals surface area contributed by atoms with Crippen molar-refractivity contribution in [3.63, 3.8) is 0 Å². The van der Waals surface area contributed by atoms with Crippen molar-refractivity contribution < 1.29 is 19.8 Å². The van der Waals surface area contributed by atoms with Crippen molar-refractivity contribution in [2.45, 2.75) is 25.4 Å². The zero-order valence-electron chi connectivity index (χ0n) is 8.35. The van der Waals surface area contributed by atoms with Crippen molar-refractivity contribution in [3.8, 4) is 0 Å². The fourth-order valence-electron chi connectivity index (χ4n) is 1.46. The van der Waals surface area contributed by atoms with Gasteiger partial charge in [-0.15, -0.1) is 0 Å². The van der Waals surface area contributed by atoms with Crippen LogP contribution in [0.2, 0.25) is 0 Å². The lowest BCUT2D eigenvalue weighted by atomic mass is 9.94. The van der Waals surface area contributed by atoms with Gasteiger partial charge >= 0.3 is 5.97 Å². The number of hydrogen-bond donors (Lipinski definition) is 3. The van der Waals surface area contributed by atoms with E-state index < -0.39 is 12.1 Å². The van der Waals surface area contributed by atoms with Gasteiger partial charge < -0.3 is 15.5 Å². The SMILES string of the molecule is O=C(O)C(O)CNC(=O)C1CC=CCC1. The Morgan fingerprint density at radius 2 is 2.20 bits per heavy atom. The van der Waals surface area contributed by atoms with Crippen molar-refractivity contribution in [2.24, 2.45) is 5.92 Å². The van der Waals surface area contributed by atoms with E-state index >= 15 is 0 Å². The molecule has 0 saturated carbocycles. The van der Waals surface area contributed by atoms with E-state index in [4.69, 9.17) is 10.2 Å². The predicted molar refractivity (Wildman–Crippen MR) is 53.1 cm³/mol. The maximum Gasteiger partial charge on any atom is 0.334 e. The molecule has 0 aromatic rings. The average Bonchev–Trinajstić information content (AvgIpc) is 2.26. The molecule has 15 heavy (non-hydrogen) atoms. The molecule has 2 unspecified atom stereocenters. The first-order valence-corrected chi connectivity index (χ1v) is 4.95. The molecule has 0 aliphatic heterocycles. The number of carbonyl (C=O) groups is 2. The molecule has 0 saturated heterocycles. The molecule has 0 bridgehead atoms. The molecular weight excluding hydrogens is 198 g/mol. The van der Waals surface area contributed by atoms with Gasteiger partial charge in [0.1, 0.15) is 0 Å². The van der Waals surface area contributed by atoms with E-state index in [1.165, 1.54) is 0 Å². The average molecular weight is 213 g/mol. The van der Waals surface area contributed by atoms with Gasteiger partial charge in [0, 0.05) is 5.92 Å². The summed E-state index contributed by atoms with van der Waals surface area (Å²) in [7, 11) is 0. The number of carboxylic acids is 1. The van der Waals surface area contributed by atoms with Crippen molar-refractivity contribution >= 4 is 11.9 Å². The van der Waals surface area contributed by atoms with Gasteiger partial charge in [0.2, 0.25) is 5.91 Å². The first-order chi connectivity index (χ1) is 7.11. The molecule has 5 nitrogen and oxygen atoms in total. The second kappa shape index (κ2) is 5.50. The number of amides is 1. The number of aliphatic hydroxyl groups excluding tert-OH is 1. The molecule has 0 radical (unpaired) electrons. The molecule has 0 spiro atoms. The Balaban J connectivity index is 2.29.